The van der Waals surface area contributed by atoms with E-state index in [-0.39, 0.29) is 30.2 Å². The maximum atomic E-state index is 13.4. The minimum Gasteiger partial charge on any atom is -0.481 e. The van der Waals surface area contributed by atoms with Crippen molar-refractivity contribution in [2.24, 2.45) is 5.92 Å². The molecule has 1 N–H and O–H groups in total. The topological polar surface area (TPSA) is 58.6 Å². The molecule has 22 heavy (non-hydrogen) atoms. The van der Waals surface area contributed by atoms with E-state index in [0.29, 0.717) is 24.9 Å². The predicted octanol–water partition coefficient (Wildman–Crippen LogP) is 1.33. The standard InChI is InChI=1S/C16H19FN2O3/c1-10-6-13(10)19-8-11(7-16(19)21)18-15(20)9-22-14-5-3-2-4-12(14)17/h2-5,10-11,13H,6-9H2,1H3,(H,18,20). The van der Waals surface area contributed by atoms with E-state index in [9.17, 15) is 14.0 Å². The van der Waals surface area contributed by atoms with Crippen molar-refractivity contribution in [3.05, 3.63) is 30.1 Å². The third kappa shape index (κ3) is 3.21. The van der Waals surface area contributed by atoms with Crippen molar-refractivity contribution < 1.29 is 18.7 Å². The number of hydrogen-bond donors (Lipinski definition) is 1. The molecule has 2 amide bonds. The van der Waals surface area contributed by atoms with Crippen LogP contribution in [0.5, 0.6) is 5.75 Å². The Bertz CT molecular complexity index is 593. The number of nitrogens with zero attached hydrogens (tertiary/aromatic N) is 1. The van der Waals surface area contributed by atoms with Gasteiger partial charge in [0.05, 0.1) is 6.04 Å². The summed E-state index contributed by atoms with van der Waals surface area (Å²) in [7, 11) is 0. The van der Waals surface area contributed by atoms with Gasteiger partial charge in [-0.25, -0.2) is 4.39 Å². The van der Waals surface area contributed by atoms with Crippen LogP contribution in [0.25, 0.3) is 0 Å². The Labute approximate surface area is 128 Å². The summed E-state index contributed by atoms with van der Waals surface area (Å²) in [4.78, 5) is 25.6. The molecule has 1 aliphatic carbocycles. The Kier molecular flexibility index (Phi) is 4.00. The molecule has 2 aliphatic rings. The number of para-hydroxylation sites is 1. The minimum absolute atomic E-state index is 0.0496. The number of nitrogens with one attached hydrogen (secondary N) is 1. The number of benzene rings is 1. The SMILES string of the molecule is CC1CC1N1CC(NC(=O)COc2ccccc2F)CC1=O. The molecule has 1 aliphatic heterocycles. The first kappa shape index (κ1) is 14.8. The number of likely N-dealkylation sites (tertiary alicyclic amines) is 1. The molecule has 118 valence electrons. The smallest absolute Gasteiger partial charge is 0.258 e. The molecule has 3 atom stereocenters. The van der Waals surface area contributed by atoms with Gasteiger partial charge in [0.25, 0.3) is 5.91 Å². The van der Waals surface area contributed by atoms with Gasteiger partial charge in [0, 0.05) is 19.0 Å². The molecular formula is C16H19FN2O3. The molecule has 0 bridgehead atoms. The Morgan fingerprint density at radius 1 is 1.45 bits per heavy atom. The zero-order valence-electron chi connectivity index (χ0n) is 12.4. The largest absolute Gasteiger partial charge is 0.481 e. The highest BCUT2D eigenvalue weighted by atomic mass is 19.1. The summed E-state index contributed by atoms with van der Waals surface area (Å²) < 4.78 is 18.5. The summed E-state index contributed by atoms with van der Waals surface area (Å²) in [6.45, 7) is 2.41. The molecule has 1 saturated heterocycles. The molecule has 6 heteroatoms. The second-order valence-electron chi connectivity index (χ2n) is 6.01. The van der Waals surface area contributed by atoms with E-state index < -0.39 is 5.82 Å². The van der Waals surface area contributed by atoms with Crippen LogP contribution in [0.3, 0.4) is 0 Å². The number of rotatable bonds is 5. The first-order valence-corrected chi connectivity index (χ1v) is 7.50. The normalized spacial score (nSPS) is 26.9. The number of carbonyl (C=O) groups is 2. The lowest BCUT2D eigenvalue weighted by Crippen LogP contribution is -2.40. The molecule has 3 rings (SSSR count). The van der Waals surface area contributed by atoms with Crippen molar-refractivity contribution in [2.45, 2.75) is 31.8 Å². The first-order valence-electron chi connectivity index (χ1n) is 7.50. The van der Waals surface area contributed by atoms with Gasteiger partial charge in [-0.3, -0.25) is 9.59 Å². The highest BCUT2D eigenvalue weighted by molar-refractivity contribution is 5.83. The highest BCUT2D eigenvalue weighted by Crippen LogP contribution is 2.37. The molecule has 1 heterocycles. The molecule has 1 aromatic carbocycles. The molecule has 3 unspecified atom stereocenters. The van der Waals surface area contributed by atoms with Crippen molar-refractivity contribution >= 4 is 11.8 Å². The number of ether oxygens (including phenoxy) is 1. The van der Waals surface area contributed by atoms with E-state index in [4.69, 9.17) is 4.74 Å². The Morgan fingerprint density at radius 3 is 2.86 bits per heavy atom. The van der Waals surface area contributed by atoms with Crippen LogP contribution in [0.2, 0.25) is 0 Å². The maximum Gasteiger partial charge on any atom is 0.258 e. The lowest BCUT2D eigenvalue weighted by molar-refractivity contribution is -0.128. The van der Waals surface area contributed by atoms with Gasteiger partial charge in [-0.05, 0) is 24.5 Å². The second-order valence-corrected chi connectivity index (χ2v) is 6.01. The van der Waals surface area contributed by atoms with Gasteiger partial charge in [0.1, 0.15) is 0 Å². The number of hydrogen-bond acceptors (Lipinski definition) is 3. The molecule has 0 radical (unpaired) electrons. The van der Waals surface area contributed by atoms with Crippen LogP contribution in [0.15, 0.2) is 24.3 Å². The monoisotopic (exact) mass is 306 g/mol. The van der Waals surface area contributed by atoms with Crippen molar-refractivity contribution in [1.82, 2.24) is 10.2 Å². The van der Waals surface area contributed by atoms with Gasteiger partial charge in [-0.15, -0.1) is 0 Å². The van der Waals surface area contributed by atoms with Gasteiger partial charge in [0.15, 0.2) is 18.2 Å². The fourth-order valence-electron chi connectivity index (χ4n) is 2.86. The third-order valence-corrected chi connectivity index (χ3v) is 4.19. The van der Waals surface area contributed by atoms with Crippen molar-refractivity contribution in [2.75, 3.05) is 13.2 Å². The Balaban J connectivity index is 1.46. The van der Waals surface area contributed by atoms with Gasteiger partial charge in [0.2, 0.25) is 5.91 Å². The zero-order chi connectivity index (χ0) is 15.7. The summed E-state index contributed by atoms with van der Waals surface area (Å²) in [6, 6.07) is 6.09. The molecule has 1 aromatic rings. The van der Waals surface area contributed by atoms with Crippen LogP contribution in [-0.4, -0.2) is 41.9 Å². The van der Waals surface area contributed by atoms with E-state index in [1.807, 2.05) is 4.90 Å². The summed E-state index contributed by atoms with van der Waals surface area (Å²) in [5, 5.41) is 2.78. The van der Waals surface area contributed by atoms with Crippen LogP contribution in [0.1, 0.15) is 19.8 Å². The Morgan fingerprint density at radius 2 is 2.18 bits per heavy atom. The lowest BCUT2D eigenvalue weighted by atomic mass is 10.2. The lowest BCUT2D eigenvalue weighted by Gasteiger charge is -2.17. The van der Waals surface area contributed by atoms with Crippen LogP contribution in [-0.2, 0) is 9.59 Å². The predicted molar refractivity (Wildman–Crippen MR) is 77.7 cm³/mol. The van der Waals surface area contributed by atoms with Crippen LogP contribution < -0.4 is 10.1 Å². The van der Waals surface area contributed by atoms with E-state index in [2.05, 4.69) is 12.2 Å². The van der Waals surface area contributed by atoms with E-state index >= 15 is 0 Å². The van der Waals surface area contributed by atoms with Crippen molar-refractivity contribution in [1.29, 1.82) is 0 Å². The quantitative estimate of drug-likeness (QED) is 0.893. The molecular weight excluding hydrogens is 287 g/mol. The van der Waals surface area contributed by atoms with Crippen molar-refractivity contribution in [3.63, 3.8) is 0 Å². The van der Waals surface area contributed by atoms with E-state index in [1.165, 1.54) is 12.1 Å². The average molecular weight is 306 g/mol. The highest BCUT2D eigenvalue weighted by Gasteiger charge is 2.44. The number of carbonyl (C=O) groups excluding carboxylic acids is 2. The van der Waals surface area contributed by atoms with Crippen LogP contribution >= 0.6 is 0 Å². The summed E-state index contributed by atoms with van der Waals surface area (Å²) in [6.07, 6.45) is 1.37. The average Bonchev–Trinajstić information content (AvgIpc) is 3.09. The molecule has 1 saturated carbocycles. The molecule has 5 nitrogen and oxygen atoms in total. The zero-order valence-corrected chi connectivity index (χ0v) is 12.4. The molecule has 2 fully saturated rings. The summed E-state index contributed by atoms with van der Waals surface area (Å²) >= 11 is 0. The van der Waals surface area contributed by atoms with Crippen LogP contribution in [0, 0.1) is 11.7 Å². The van der Waals surface area contributed by atoms with Gasteiger partial charge < -0.3 is 15.0 Å². The fourth-order valence-corrected chi connectivity index (χ4v) is 2.86. The van der Waals surface area contributed by atoms with Crippen LogP contribution in [0.4, 0.5) is 4.39 Å². The first-order chi connectivity index (χ1) is 10.5. The Hall–Kier alpha value is -2.11. The summed E-state index contributed by atoms with van der Waals surface area (Å²) in [5.41, 5.74) is 0. The third-order valence-electron chi connectivity index (χ3n) is 4.19. The van der Waals surface area contributed by atoms with Gasteiger partial charge in [-0.1, -0.05) is 19.1 Å². The maximum absolute atomic E-state index is 13.4. The second kappa shape index (κ2) is 5.94. The summed E-state index contributed by atoms with van der Waals surface area (Å²) in [5.74, 6) is -0.141. The number of halogens is 1. The van der Waals surface area contributed by atoms with E-state index in [1.54, 1.807) is 12.1 Å². The van der Waals surface area contributed by atoms with Gasteiger partial charge >= 0.3 is 0 Å². The van der Waals surface area contributed by atoms with E-state index in [0.717, 1.165) is 6.42 Å². The molecule has 0 aromatic heterocycles. The minimum atomic E-state index is -0.500. The molecule has 0 spiro atoms. The number of amides is 2. The van der Waals surface area contributed by atoms with Crippen molar-refractivity contribution in [3.8, 4) is 5.75 Å². The van der Waals surface area contributed by atoms with Gasteiger partial charge in [-0.2, -0.15) is 0 Å². The fraction of sp³-hybridized carbons (Fsp3) is 0.500.